The van der Waals surface area contributed by atoms with Gasteiger partial charge in [-0.25, -0.2) is 0 Å². The van der Waals surface area contributed by atoms with Crippen molar-refractivity contribution >= 4 is 0 Å². The summed E-state index contributed by atoms with van der Waals surface area (Å²) < 4.78 is 5.14. The van der Waals surface area contributed by atoms with Crippen LogP contribution in [0.1, 0.15) is 26.2 Å². The lowest BCUT2D eigenvalue weighted by Gasteiger charge is -2.40. The van der Waals surface area contributed by atoms with Crippen molar-refractivity contribution < 1.29 is 9.84 Å². The highest BCUT2D eigenvalue weighted by molar-refractivity contribution is 4.83. The van der Waals surface area contributed by atoms with E-state index in [1.165, 1.54) is 6.42 Å². The van der Waals surface area contributed by atoms with Gasteiger partial charge in [0.15, 0.2) is 0 Å². The molecule has 0 aliphatic carbocycles. The Morgan fingerprint density at radius 3 is 2.50 bits per heavy atom. The average Bonchev–Trinajstić information content (AvgIpc) is 1.87. The molecule has 2 heteroatoms. The highest BCUT2D eigenvalue weighted by atomic mass is 16.5. The van der Waals surface area contributed by atoms with Gasteiger partial charge in [0.1, 0.15) is 0 Å². The molecule has 0 radical (unpaired) electrons. The van der Waals surface area contributed by atoms with Gasteiger partial charge in [-0.2, -0.15) is 0 Å². The molecule has 0 atom stereocenters. The molecule has 0 bridgehead atoms. The topological polar surface area (TPSA) is 29.5 Å². The van der Waals surface area contributed by atoms with Crippen LogP contribution in [-0.2, 0) is 4.74 Å². The molecule has 2 nitrogen and oxygen atoms in total. The van der Waals surface area contributed by atoms with Crippen molar-refractivity contribution in [2.45, 2.75) is 26.2 Å². The first-order valence-corrected chi connectivity index (χ1v) is 4.01. The van der Waals surface area contributed by atoms with Gasteiger partial charge < -0.3 is 9.84 Å². The maximum Gasteiger partial charge on any atom is 0.0544 e. The summed E-state index contributed by atoms with van der Waals surface area (Å²) >= 11 is 0. The van der Waals surface area contributed by atoms with Gasteiger partial charge in [-0.3, -0.25) is 0 Å². The van der Waals surface area contributed by atoms with Gasteiger partial charge in [-0.05, 0) is 19.3 Å². The van der Waals surface area contributed by atoms with Gasteiger partial charge >= 0.3 is 0 Å². The van der Waals surface area contributed by atoms with Crippen LogP contribution < -0.4 is 0 Å². The van der Waals surface area contributed by atoms with E-state index in [1.807, 2.05) is 0 Å². The van der Waals surface area contributed by atoms with E-state index in [0.29, 0.717) is 12.0 Å². The van der Waals surface area contributed by atoms with Gasteiger partial charge in [0.25, 0.3) is 0 Å². The Balaban J connectivity index is 2.20. The highest BCUT2D eigenvalue weighted by Gasteiger charge is 2.35. The van der Waals surface area contributed by atoms with Crippen LogP contribution in [0.2, 0.25) is 0 Å². The van der Waals surface area contributed by atoms with E-state index in [1.54, 1.807) is 0 Å². The molecular formula is C8H16O2. The Labute approximate surface area is 62.2 Å². The second kappa shape index (κ2) is 3.35. The van der Waals surface area contributed by atoms with Crippen molar-refractivity contribution in [3.05, 3.63) is 0 Å². The van der Waals surface area contributed by atoms with Gasteiger partial charge in [0.2, 0.25) is 0 Å². The monoisotopic (exact) mass is 144 g/mol. The molecule has 1 saturated heterocycles. The minimum atomic E-state index is 0.321. The summed E-state index contributed by atoms with van der Waals surface area (Å²) in [5.41, 5.74) is 0.433. The molecule has 0 aromatic heterocycles. The Bertz CT molecular complexity index is 91.9. The Morgan fingerprint density at radius 1 is 1.50 bits per heavy atom. The van der Waals surface area contributed by atoms with Crippen LogP contribution in [0.15, 0.2) is 0 Å². The quantitative estimate of drug-likeness (QED) is 0.642. The standard InChI is InChI=1S/C8H16O2/c1-2-8(4-3-5-9)6-10-7-8/h9H,2-7H2,1H3. The van der Waals surface area contributed by atoms with Crippen molar-refractivity contribution in [2.24, 2.45) is 5.41 Å². The van der Waals surface area contributed by atoms with Gasteiger partial charge in [-0.15, -0.1) is 0 Å². The van der Waals surface area contributed by atoms with Crippen LogP contribution in [0.3, 0.4) is 0 Å². The number of hydrogen-bond acceptors (Lipinski definition) is 2. The molecule has 0 aromatic carbocycles. The van der Waals surface area contributed by atoms with Crippen LogP contribution in [0.4, 0.5) is 0 Å². The normalized spacial score (nSPS) is 22.2. The fraction of sp³-hybridized carbons (Fsp3) is 1.00. The third-order valence-corrected chi connectivity index (χ3v) is 2.43. The van der Waals surface area contributed by atoms with Gasteiger partial charge in [0, 0.05) is 12.0 Å². The summed E-state index contributed by atoms with van der Waals surface area (Å²) in [5, 5.41) is 8.60. The van der Waals surface area contributed by atoms with Crippen molar-refractivity contribution in [3.63, 3.8) is 0 Å². The molecule has 1 N–H and O–H groups in total. The number of aliphatic hydroxyl groups excluding tert-OH is 1. The number of aliphatic hydroxyl groups is 1. The number of ether oxygens (including phenoxy) is 1. The first-order chi connectivity index (χ1) is 4.83. The predicted octanol–water partition coefficient (Wildman–Crippen LogP) is 1.19. The van der Waals surface area contributed by atoms with Gasteiger partial charge in [0.05, 0.1) is 13.2 Å². The largest absolute Gasteiger partial charge is 0.396 e. The van der Waals surface area contributed by atoms with Crippen molar-refractivity contribution in [2.75, 3.05) is 19.8 Å². The zero-order valence-corrected chi connectivity index (χ0v) is 6.60. The lowest BCUT2D eigenvalue weighted by molar-refractivity contribution is -0.121. The van der Waals surface area contributed by atoms with E-state index in [4.69, 9.17) is 9.84 Å². The lowest BCUT2D eigenvalue weighted by Crippen LogP contribution is -2.41. The first-order valence-electron chi connectivity index (χ1n) is 4.01. The van der Waals surface area contributed by atoms with Crippen molar-refractivity contribution in [1.29, 1.82) is 0 Å². The molecule has 0 spiro atoms. The summed E-state index contributed by atoms with van der Waals surface area (Å²) in [7, 11) is 0. The Hall–Kier alpha value is -0.0800. The average molecular weight is 144 g/mol. The van der Waals surface area contributed by atoms with Crippen molar-refractivity contribution in [3.8, 4) is 0 Å². The zero-order valence-electron chi connectivity index (χ0n) is 6.60. The smallest absolute Gasteiger partial charge is 0.0544 e. The molecule has 1 heterocycles. The molecule has 0 saturated carbocycles. The highest BCUT2D eigenvalue weighted by Crippen LogP contribution is 2.35. The van der Waals surface area contributed by atoms with Crippen LogP contribution >= 0.6 is 0 Å². The Kier molecular flexibility index (Phi) is 2.69. The zero-order chi connectivity index (χ0) is 7.45. The summed E-state index contributed by atoms with van der Waals surface area (Å²) in [6.45, 7) is 4.33. The molecule has 0 aromatic rings. The molecule has 60 valence electrons. The van der Waals surface area contributed by atoms with Crippen LogP contribution in [0.5, 0.6) is 0 Å². The lowest BCUT2D eigenvalue weighted by atomic mass is 9.79. The SMILES string of the molecule is CCC1(CCCO)COC1. The predicted molar refractivity (Wildman–Crippen MR) is 39.9 cm³/mol. The van der Waals surface area contributed by atoms with Crippen LogP contribution in [0.25, 0.3) is 0 Å². The molecule has 1 aliphatic heterocycles. The number of hydrogen-bond donors (Lipinski definition) is 1. The summed E-state index contributed by atoms with van der Waals surface area (Å²) in [6.07, 6.45) is 3.24. The molecular weight excluding hydrogens is 128 g/mol. The molecule has 1 fully saturated rings. The minimum Gasteiger partial charge on any atom is -0.396 e. The Morgan fingerprint density at radius 2 is 2.20 bits per heavy atom. The van der Waals surface area contributed by atoms with E-state index >= 15 is 0 Å². The maximum atomic E-state index is 8.60. The van der Waals surface area contributed by atoms with Crippen LogP contribution in [0, 0.1) is 5.41 Å². The van der Waals surface area contributed by atoms with Gasteiger partial charge in [-0.1, -0.05) is 6.92 Å². The second-order valence-electron chi connectivity index (χ2n) is 3.17. The summed E-state index contributed by atoms with van der Waals surface area (Å²) in [5.74, 6) is 0. The molecule has 10 heavy (non-hydrogen) atoms. The molecule has 1 aliphatic rings. The molecule has 0 amide bonds. The summed E-state index contributed by atoms with van der Waals surface area (Å²) in [6, 6.07) is 0. The van der Waals surface area contributed by atoms with Crippen LogP contribution in [-0.4, -0.2) is 24.9 Å². The second-order valence-corrected chi connectivity index (χ2v) is 3.17. The van der Waals surface area contributed by atoms with Crippen molar-refractivity contribution in [1.82, 2.24) is 0 Å². The van der Waals surface area contributed by atoms with E-state index in [2.05, 4.69) is 6.92 Å². The van der Waals surface area contributed by atoms with E-state index < -0.39 is 0 Å². The minimum absolute atomic E-state index is 0.321. The first kappa shape index (κ1) is 8.02. The molecule has 0 unspecified atom stereocenters. The third-order valence-electron chi connectivity index (χ3n) is 2.43. The fourth-order valence-corrected chi connectivity index (χ4v) is 1.37. The third kappa shape index (κ3) is 1.50. The maximum absolute atomic E-state index is 8.60. The molecule has 1 rings (SSSR count). The van der Waals surface area contributed by atoms with E-state index in [9.17, 15) is 0 Å². The van der Waals surface area contributed by atoms with E-state index in [-0.39, 0.29) is 0 Å². The van der Waals surface area contributed by atoms with E-state index in [0.717, 1.165) is 26.1 Å². The fourth-order valence-electron chi connectivity index (χ4n) is 1.37. The number of rotatable bonds is 4. The summed E-state index contributed by atoms with van der Waals surface area (Å²) in [4.78, 5) is 0.